The van der Waals surface area contributed by atoms with Crippen LogP contribution in [0.2, 0.25) is 0 Å². The van der Waals surface area contributed by atoms with Crippen molar-refractivity contribution in [3.63, 3.8) is 0 Å². The number of aliphatic imine (C=N–C) groups is 1. The number of nitrogens with one attached hydrogen (secondary N) is 2. The van der Waals surface area contributed by atoms with Crippen molar-refractivity contribution < 1.29 is 13.9 Å². The number of ether oxygens (including phenoxy) is 2. The van der Waals surface area contributed by atoms with Crippen molar-refractivity contribution in [1.29, 1.82) is 0 Å². The smallest absolute Gasteiger partial charge is 0.190 e. The second-order valence-corrected chi connectivity index (χ2v) is 7.24. The van der Waals surface area contributed by atoms with Crippen molar-refractivity contribution in [3.8, 4) is 0 Å². The lowest BCUT2D eigenvalue weighted by Gasteiger charge is -2.13. The first-order chi connectivity index (χ1) is 12.7. The van der Waals surface area contributed by atoms with Crippen molar-refractivity contribution in [3.05, 3.63) is 34.1 Å². The minimum atomic E-state index is -0.162. The van der Waals surface area contributed by atoms with Gasteiger partial charge in [-0.2, -0.15) is 0 Å². The predicted molar refractivity (Wildman–Crippen MR) is 122 cm³/mol. The van der Waals surface area contributed by atoms with Gasteiger partial charge in [-0.15, -0.1) is 24.0 Å². The molecule has 1 heterocycles. The molecule has 2 N–H and O–H groups in total. The van der Waals surface area contributed by atoms with E-state index in [9.17, 15) is 4.39 Å². The number of hydrogen-bond donors (Lipinski definition) is 2. The zero-order valence-corrected chi connectivity index (χ0v) is 19.7. The maximum atomic E-state index is 13.8. The van der Waals surface area contributed by atoms with Gasteiger partial charge in [-0.05, 0) is 49.8 Å². The summed E-state index contributed by atoms with van der Waals surface area (Å²) in [4.78, 5) is 4.20. The quantitative estimate of drug-likeness (QED) is 0.198. The Labute approximate surface area is 187 Å². The van der Waals surface area contributed by atoms with Crippen LogP contribution in [0, 0.1) is 5.82 Å². The topological polar surface area (TPSA) is 54.9 Å². The molecule has 1 atom stereocenters. The third-order valence-electron chi connectivity index (χ3n) is 4.24. The Balaban J connectivity index is 0.00000364. The molecule has 0 spiro atoms. The Kier molecular flexibility index (Phi) is 13.2. The summed E-state index contributed by atoms with van der Waals surface area (Å²) in [5, 5.41) is 6.52. The SMILES string of the molecule is CN=C(NCCCOCC1CCCO1)NCCCc1ccc(Br)cc1F.I. The number of benzene rings is 1. The molecule has 0 amide bonds. The maximum Gasteiger partial charge on any atom is 0.190 e. The number of hydrogen-bond acceptors (Lipinski definition) is 3. The maximum absolute atomic E-state index is 13.8. The van der Waals surface area contributed by atoms with E-state index >= 15 is 0 Å². The molecule has 0 bridgehead atoms. The van der Waals surface area contributed by atoms with Gasteiger partial charge in [0.1, 0.15) is 5.82 Å². The molecular weight excluding hydrogens is 528 g/mol. The van der Waals surface area contributed by atoms with E-state index in [1.54, 1.807) is 7.05 Å². The van der Waals surface area contributed by atoms with Crippen LogP contribution in [0.3, 0.4) is 0 Å². The van der Waals surface area contributed by atoms with E-state index in [1.165, 1.54) is 6.07 Å². The van der Waals surface area contributed by atoms with E-state index < -0.39 is 0 Å². The summed E-state index contributed by atoms with van der Waals surface area (Å²) in [5.41, 5.74) is 0.737. The molecule has 0 aromatic heterocycles. The lowest BCUT2D eigenvalue weighted by Crippen LogP contribution is -2.38. The fraction of sp³-hybridized carbons (Fsp3) is 0.632. The van der Waals surface area contributed by atoms with E-state index in [0.29, 0.717) is 19.6 Å². The Morgan fingerprint density at radius 2 is 2.11 bits per heavy atom. The fourth-order valence-corrected chi connectivity index (χ4v) is 3.14. The van der Waals surface area contributed by atoms with E-state index in [0.717, 1.165) is 61.4 Å². The highest BCUT2D eigenvalue weighted by Crippen LogP contribution is 2.16. The average Bonchev–Trinajstić information content (AvgIpc) is 3.14. The van der Waals surface area contributed by atoms with Crippen LogP contribution >= 0.6 is 39.9 Å². The van der Waals surface area contributed by atoms with Crippen LogP contribution in [0.25, 0.3) is 0 Å². The van der Waals surface area contributed by atoms with Gasteiger partial charge in [-0.1, -0.05) is 22.0 Å². The number of nitrogens with zero attached hydrogens (tertiary/aromatic N) is 1. The van der Waals surface area contributed by atoms with Gasteiger partial charge in [-0.3, -0.25) is 4.99 Å². The molecule has 1 unspecified atom stereocenters. The summed E-state index contributed by atoms with van der Waals surface area (Å²) >= 11 is 3.27. The number of rotatable bonds is 10. The summed E-state index contributed by atoms with van der Waals surface area (Å²) in [6.07, 6.45) is 4.99. The van der Waals surface area contributed by atoms with Crippen molar-refractivity contribution >= 4 is 45.9 Å². The van der Waals surface area contributed by atoms with Gasteiger partial charge < -0.3 is 20.1 Å². The Morgan fingerprint density at radius 3 is 2.78 bits per heavy atom. The zero-order valence-electron chi connectivity index (χ0n) is 15.8. The molecule has 1 fully saturated rings. The third kappa shape index (κ3) is 10.0. The molecule has 5 nitrogen and oxygen atoms in total. The largest absolute Gasteiger partial charge is 0.379 e. The number of aryl methyl sites for hydroxylation is 1. The number of halogens is 3. The van der Waals surface area contributed by atoms with Gasteiger partial charge in [0.25, 0.3) is 0 Å². The van der Waals surface area contributed by atoms with Crippen LogP contribution in [0.4, 0.5) is 4.39 Å². The Hall–Kier alpha value is -0.450. The van der Waals surface area contributed by atoms with Crippen molar-refractivity contribution in [1.82, 2.24) is 10.6 Å². The molecule has 2 rings (SSSR count). The Morgan fingerprint density at radius 1 is 1.33 bits per heavy atom. The molecule has 1 aromatic carbocycles. The third-order valence-corrected chi connectivity index (χ3v) is 4.73. The first kappa shape index (κ1) is 24.6. The minimum absolute atomic E-state index is 0. The zero-order chi connectivity index (χ0) is 18.6. The van der Waals surface area contributed by atoms with Crippen molar-refractivity contribution in [2.75, 3.05) is 40.0 Å². The van der Waals surface area contributed by atoms with Crippen LogP contribution in [0.15, 0.2) is 27.7 Å². The van der Waals surface area contributed by atoms with Crippen LogP contribution < -0.4 is 10.6 Å². The summed E-state index contributed by atoms with van der Waals surface area (Å²) in [6, 6.07) is 5.19. The van der Waals surface area contributed by atoms with Gasteiger partial charge in [0.2, 0.25) is 0 Å². The average molecular weight is 558 g/mol. The predicted octanol–water partition coefficient (Wildman–Crippen LogP) is 3.89. The lowest BCUT2D eigenvalue weighted by molar-refractivity contribution is 0.0168. The summed E-state index contributed by atoms with van der Waals surface area (Å²) < 4.78 is 25.7. The lowest BCUT2D eigenvalue weighted by atomic mass is 10.1. The van der Waals surface area contributed by atoms with E-state index in [4.69, 9.17) is 9.47 Å². The normalized spacial score (nSPS) is 16.9. The van der Waals surface area contributed by atoms with Crippen molar-refractivity contribution in [2.24, 2.45) is 4.99 Å². The molecule has 154 valence electrons. The monoisotopic (exact) mass is 557 g/mol. The molecule has 0 radical (unpaired) electrons. The highest BCUT2D eigenvalue weighted by molar-refractivity contribution is 14.0. The van der Waals surface area contributed by atoms with Gasteiger partial charge in [-0.25, -0.2) is 4.39 Å². The molecule has 1 saturated heterocycles. The van der Waals surface area contributed by atoms with Crippen LogP contribution in [0.1, 0.15) is 31.2 Å². The highest BCUT2D eigenvalue weighted by atomic mass is 127. The standard InChI is InChI=1S/C19H29BrFN3O2.HI/c1-22-19(24-10-4-11-25-14-17-6-3-12-26-17)23-9-2-5-15-7-8-16(20)13-18(15)21;/h7-8,13,17H,2-6,9-12,14H2,1H3,(H2,22,23,24);1H. The molecule has 8 heteroatoms. The van der Waals surface area contributed by atoms with Gasteiger partial charge in [0, 0.05) is 37.8 Å². The summed E-state index contributed by atoms with van der Waals surface area (Å²) in [7, 11) is 1.75. The second-order valence-electron chi connectivity index (χ2n) is 6.33. The van der Waals surface area contributed by atoms with E-state index in [-0.39, 0.29) is 35.9 Å². The summed E-state index contributed by atoms with van der Waals surface area (Å²) in [5.74, 6) is 0.602. The van der Waals surface area contributed by atoms with Gasteiger partial charge >= 0.3 is 0 Å². The molecule has 1 aliphatic rings. The molecule has 0 aliphatic carbocycles. The number of guanidine groups is 1. The highest BCUT2D eigenvalue weighted by Gasteiger charge is 2.14. The molecule has 1 aromatic rings. The molecule has 1 aliphatic heterocycles. The van der Waals surface area contributed by atoms with E-state index in [1.807, 2.05) is 12.1 Å². The molecule has 0 saturated carbocycles. The Bertz CT molecular complexity index is 572. The van der Waals surface area contributed by atoms with Crippen molar-refractivity contribution in [2.45, 2.75) is 38.2 Å². The molecular formula is C19H30BrFIN3O2. The van der Waals surface area contributed by atoms with E-state index in [2.05, 4.69) is 31.6 Å². The van der Waals surface area contributed by atoms with Gasteiger partial charge in [0.05, 0.1) is 12.7 Å². The first-order valence-corrected chi connectivity index (χ1v) is 10.1. The van der Waals surface area contributed by atoms with Gasteiger partial charge in [0.15, 0.2) is 5.96 Å². The minimum Gasteiger partial charge on any atom is -0.379 e. The first-order valence-electron chi connectivity index (χ1n) is 9.27. The van der Waals surface area contributed by atoms with Crippen LogP contribution in [0.5, 0.6) is 0 Å². The van der Waals surface area contributed by atoms with Crippen LogP contribution in [-0.2, 0) is 15.9 Å². The van der Waals surface area contributed by atoms with Crippen LogP contribution in [-0.4, -0.2) is 52.0 Å². The summed E-state index contributed by atoms with van der Waals surface area (Å²) in [6.45, 7) is 3.82. The molecule has 27 heavy (non-hydrogen) atoms. The fourth-order valence-electron chi connectivity index (χ4n) is 2.80. The second kappa shape index (κ2) is 14.5.